The molecule has 0 unspecified atom stereocenters. The molecule has 2 aromatic rings. The molecule has 0 bridgehead atoms. The van der Waals surface area contributed by atoms with Gasteiger partial charge in [0.05, 0.1) is 26.1 Å². The Morgan fingerprint density at radius 3 is 2.81 bits per heavy atom. The van der Waals surface area contributed by atoms with Crippen LogP contribution >= 0.6 is 0 Å². The van der Waals surface area contributed by atoms with Gasteiger partial charge in [0.15, 0.2) is 11.5 Å². The number of nitrogens with zero attached hydrogens (tertiary/aromatic N) is 2. The van der Waals surface area contributed by atoms with E-state index in [0.717, 1.165) is 38.2 Å². The van der Waals surface area contributed by atoms with Crippen molar-refractivity contribution in [2.75, 3.05) is 32.8 Å². The Balaban J connectivity index is 1.55. The Bertz CT molecular complexity index is 794. The highest BCUT2D eigenvalue weighted by Crippen LogP contribution is 2.28. The Morgan fingerprint density at radius 1 is 1.30 bits per heavy atom. The summed E-state index contributed by atoms with van der Waals surface area (Å²) in [5, 5.41) is 7.16. The zero-order valence-electron chi connectivity index (χ0n) is 15.7. The molecule has 7 heteroatoms. The van der Waals surface area contributed by atoms with Gasteiger partial charge >= 0.3 is 0 Å². The van der Waals surface area contributed by atoms with Gasteiger partial charge in [-0.2, -0.15) is 5.10 Å². The number of aromatic nitrogens is 2. The predicted molar refractivity (Wildman–Crippen MR) is 103 cm³/mol. The first-order chi connectivity index (χ1) is 13.2. The molecule has 2 heterocycles. The molecular weight excluding hydrogens is 346 g/mol. The highest BCUT2D eigenvalue weighted by atomic mass is 16.5. The van der Waals surface area contributed by atoms with Crippen molar-refractivity contribution in [1.82, 2.24) is 9.78 Å². The van der Waals surface area contributed by atoms with Gasteiger partial charge in [-0.25, -0.2) is 0 Å². The fraction of sp³-hybridized carbons (Fsp3) is 0.400. The summed E-state index contributed by atoms with van der Waals surface area (Å²) in [6.45, 7) is 2.48. The Morgan fingerprint density at radius 2 is 2.07 bits per heavy atom. The fourth-order valence-electron chi connectivity index (χ4n) is 3.03. The van der Waals surface area contributed by atoms with Crippen molar-refractivity contribution in [3.63, 3.8) is 0 Å². The third kappa shape index (κ3) is 5.34. The fourth-order valence-corrected chi connectivity index (χ4v) is 3.03. The molecule has 27 heavy (non-hydrogen) atoms. The average molecular weight is 371 g/mol. The molecule has 1 aromatic heterocycles. The van der Waals surface area contributed by atoms with Crippen LogP contribution in [0.1, 0.15) is 18.4 Å². The molecule has 7 nitrogen and oxygen atoms in total. The lowest BCUT2D eigenvalue weighted by molar-refractivity contribution is -0.111. The number of hydrogen-bond acceptors (Lipinski definition) is 5. The maximum Gasteiger partial charge on any atom is 0.248 e. The number of amides is 1. The first-order valence-corrected chi connectivity index (χ1v) is 8.99. The van der Waals surface area contributed by atoms with Gasteiger partial charge < -0.3 is 19.5 Å². The quantitative estimate of drug-likeness (QED) is 0.758. The number of benzene rings is 1. The van der Waals surface area contributed by atoms with Gasteiger partial charge in [0.1, 0.15) is 0 Å². The van der Waals surface area contributed by atoms with E-state index in [1.54, 1.807) is 32.6 Å². The lowest BCUT2D eigenvalue weighted by atomic mass is 10.0. The number of nitrogens with one attached hydrogen (secondary N) is 1. The van der Waals surface area contributed by atoms with Crippen molar-refractivity contribution >= 4 is 17.7 Å². The van der Waals surface area contributed by atoms with Crippen LogP contribution in [-0.4, -0.2) is 43.1 Å². The van der Waals surface area contributed by atoms with Gasteiger partial charge in [0.25, 0.3) is 0 Å². The van der Waals surface area contributed by atoms with Crippen molar-refractivity contribution in [2.45, 2.75) is 19.4 Å². The zero-order valence-corrected chi connectivity index (χ0v) is 15.7. The molecule has 1 aliphatic rings. The molecule has 1 fully saturated rings. The number of hydrogen-bond donors (Lipinski definition) is 1. The van der Waals surface area contributed by atoms with Crippen LogP contribution in [0.5, 0.6) is 11.5 Å². The molecule has 0 spiro atoms. The van der Waals surface area contributed by atoms with Gasteiger partial charge in [-0.05, 0) is 42.5 Å². The molecule has 0 radical (unpaired) electrons. The topological polar surface area (TPSA) is 74.6 Å². The van der Waals surface area contributed by atoms with Crippen LogP contribution in [0.25, 0.3) is 6.08 Å². The third-order valence-corrected chi connectivity index (χ3v) is 4.52. The van der Waals surface area contributed by atoms with Gasteiger partial charge in [0, 0.05) is 32.0 Å². The molecular formula is C20H25N3O4. The summed E-state index contributed by atoms with van der Waals surface area (Å²) < 4.78 is 17.7. The molecule has 0 aliphatic carbocycles. The summed E-state index contributed by atoms with van der Waals surface area (Å²) in [6.07, 6.45) is 8.84. The maximum atomic E-state index is 12.2. The summed E-state index contributed by atoms with van der Waals surface area (Å²) in [4.78, 5) is 12.2. The van der Waals surface area contributed by atoms with Crippen LogP contribution in [0.2, 0.25) is 0 Å². The van der Waals surface area contributed by atoms with E-state index >= 15 is 0 Å². The van der Waals surface area contributed by atoms with Gasteiger partial charge in [-0.15, -0.1) is 0 Å². The number of methoxy groups -OCH3 is 2. The Hall–Kier alpha value is -2.80. The highest BCUT2D eigenvalue weighted by Gasteiger charge is 2.15. The second kappa shape index (κ2) is 9.23. The first-order valence-electron chi connectivity index (χ1n) is 8.99. The van der Waals surface area contributed by atoms with Gasteiger partial charge in [-0.1, -0.05) is 6.07 Å². The van der Waals surface area contributed by atoms with Crippen molar-refractivity contribution in [2.24, 2.45) is 5.92 Å². The monoisotopic (exact) mass is 371 g/mol. The summed E-state index contributed by atoms with van der Waals surface area (Å²) in [7, 11) is 3.17. The second-order valence-corrected chi connectivity index (χ2v) is 6.44. The van der Waals surface area contributed by atoms with E-state index in [4.69, 9.17) is 14.2 Å². The van der Waals surface area contributed by atoms with E-state index in [9.17, 15) is 4.79 Å². The lowest BCUT2D eigenvalue weighted by Crippen LogP contribution is -2.20. The largest absolute Gasteiger partial charge is 0.493 e. The minimum atomic E-state index is -0.213. The summed E-state index contributed by atoms with van der Waals surface area (Å²) in [6, 6.07) is 5.47. The Labute approximate surface area is 158 Å². The molecule has 3 rings (SSSR count). The van der Waals surface area contributed by atoms with Gasteiger partial charge in [0.2, 0.25) is 5.91 Å². The number of ether oxygens (including phenoxy) is 3. The van der Waals surface area contributed by atoms with Crippen LogP contribution in [0.3, 0.4) is 0 Å². The molecule has 1 N–H and O–H groups in total. The highest BCUT2D eigenvalue weighted by molar-refractivity contribution is 6.01. The second-order valence-electron chi connectivity index (χ2n) is 6.44. The van der Waals surface area contributed by atoms with E-state index in [0.29, 0.717) is 23.1 Å². The van der Waals surface area contributed by atoms with Crippen LogP contribution in [0.15, 0.2) is 36.7 Å². The van der Waals surface area contributed by atoms with Gasteiger partial charge in [-0.3, -0.25) is 9.48 Å². The molecule has 1 aliphatic heterocycles. The van der Waals surface area contributed by atoms with Crippen molar-refractivity contribution in [3.8, 4) is 11.5 Å². The van der Waals surface area contributed by atoms with Crippen LogP contribution < -0.4 is 14.8 Å². The maximum absolute atomic E-state index is 12.2. The van der Waals surface area contributed by atoms with E-state index in [-0.39, 0.29) is 5.91 Å². The van der Waals surface area contributed by atoms with E-state index < -0.39 is 0 Å². The van der Waals surface area contributed by atoms with Crippen LogP contribution in [0, 0.1) is 5.92 Å². The van der Waals surface area contributed by atoms with Crippen molar-refractivity contribution < 1.29 is 19.0 Å². The standard InChI is InChI=1S/C20H25N3O4/c1-25-18-5-3-15(11-19(18)26-2)4-6-20(24)22-17-12-21-23(14-17)13-16-7-9-27-10-8-16/h3-6,11-12,14,16H,7-10,13H2,1-2H3,(H,22,24)/b6-4+. The number of carbonyl (C=O) groups is 1. The number of carbonyl (C=O) groups excluding carboxylic acids is 1. The van der Waals surface area contributed by atoms with Crippen LogP contribution in [0.4, 0.5) is 5.69 Å². The molecule has 1 aromatic carbocycles. The van der Waals surface area contributed by atoms with Crippen LogP contribution in [-0.2, 0) is 16.1 Å². The summed E-state index contributed by atoms with van der Waals surface area (Å²) in [5.41, 5.74) is 1.53. The molecule has 1 saturated heterocycles. The number of anilines is 1. The molecule has 144 valence electrons. The molecule has 1 amide bonds. The molecule has 0 atom stereocenters. The smallest absolute Gasteiger partial charge is 0.248 e. The summed E-state index contributed by atoms with van der Waals surface area (Å²) in [5.74, 6) is 1.63. The number of rotatable bonds is 7. The lowest BCUT2D eigenvalue weighted by Gasteiger charge is -2.21. The van der Waals surface area contributed by atoms with E-state index in [2.05, 4.69) is 10.4 Å². The van der Waals surface area contributed by atoms with E-state index in [1.807, 2.05) is 23.0 Å². The Kier molecular flexibility index (Phi) is 6.49. The summed E-state index contributed by atoms with van der Waals surface area (Å²) >= 11 is 0. The SMILES string of the molecule is COc1ccc(/C=C/C(=O)Nc2cnn(CC3CCOCC3)c2)cc1OC. The van der Waals surface area contributed by atoms with Crippen molar-refractivity contribution in [3.05, 3.63) is 42.2 Å². The average Bonchev–Trinajstić information content (AvgIpc) is 3.13. The first kappa shape index (κ1) is 19.0. The third-order valence-electron chi connectivity index (χ3n) is 4.52. The minimum absolute atomic E-state index is 0.213. The van der Waals surface area contributed by atoms with E-state index in [1.165, 1.54) is 6.08 Å². The zero-order chi connectivity index (χ0) is 19.1. The van der Waals surface area contributed by atoms with Crippen molar-refractivity contribution in [1.29, 1.82) is 0 Å². The predicted octanol–water partition coefficient (Wildman–Crippen LogP) is 2.98. The molecule has 0 saturated carbocycles. The minimum Gasteiger partial charge on any atom is -0.493 e. The normalized spacial score (nSPS) is 15.0.